The van der Waals surface area contributed by atoms with Gasteiger partial charge in [-0.15, -0.1) is 5.06 Å². The van der Waals surface area contributed by atoms with Crippen molar-refractivity contribution in [1.82, 2.24) is 5.06 Å². The number of hydrogen-bond acceptors (Lipinski definition) is 2. The van der Waals surface area contributed by atoms with Crippen LogP contribution in [0.25, 0.3) is 10.8 Å². The predicted molar refractivity (Wildman–Crippen MR) is 93.9 cm³/mol. The van der Waals surface area contributed by atoms with Crippen LogP contribution in [0.4, 0.5) is 13.2 Å². The molecule has 0 aromatic heterocycles. The summed E-state index contributed by atoms with van der Waals surface area (Å²) in [6.45, 7) is 0.255. The van der Waals surface area contributed by atoms with E-state index in [2.05, 4.69) is 0 Å². The van der Waals surface area contributed by atoms with Gasteiger partial charge in [0.05, 0.1) is 12.6 Å². The molecule has 26 heavy (non-hydrogen) atoms. The Hall–Kier alpha value is -2.79. The van der Waals surface area contributed by atoms with Gasteiger partial charge in [-0.1, -0.05) is 72.8 Å². The van der Waals surface area contributed by atoms with Crippen LogP contribution in [0.1, 0.15) is 17.2 Å². The van der Waals surface area contributed by atoms with Crippen LogP contribution in [-0.4, -0.2) is 11.2 Å². The first-order valence-corrected chi connectivity index (χ1v) is 8.27. The van der Waals surface area contributed by atoms with Gasteiger partial charge in [0.1, 0.15) is 0 Å². The van der Waals surface area contributed by atoms with E-state index in [-0.39, 0.29) is 6.54 Å². The number of benzene rings is 3. The van der Waals surface area contributed by atoms with Crippen molar-refractivity contribution in [3.63, 3.8) is 0 Å². The average molecular weight is 355 g/mol. The Morgan fingerprint density at radius 2 is 1.54 bits per heavy atom. The molecule has 0 fully saturated rings. The van der Waals surface area contributed by atoms with Gasteiger partial charge in [0.25, 0.3) is 0 Å². The lowest BCUT2D eigenvalue weighted by molar-refractivity contribution is -0.200. The van der Waals surface area contributed by atoms with E-state index in [0.717, 1.165) is 28.0 Å². The maximum atomic E-state index is 13.3. The fraction of sp³-hybridized carbons (Fsp3) is 0.143. The molecule has 3 aromatic carbocycles. The minimum absolute atomic E-state index is 0.255. The van der Waals surface area contributed by atoms with Gasteiger partial charge in [-0.3, -0.25) is 0 Å². The van der Waals surface area contributed by atoms with Crippen LogP contribution in [-0.2, 0) is 11.4 Å². The molecular formula is C21H16F3NO. The van der Waals surface area contributed by atoms with E-state index in [1.165, 1.54) is 5.06 Å². The molecule has 0 aliphatic carbocycles. The molecule has 0 bridgehead atoms. The molecule has 3 aromatic rings. The number of hydrogen-bond donors (Lipinski definition) is 0. The lowest BCUT2D eigenvalue weighted by Gasteiger charge is -2.24. The molecule has 132 valence electrons. The Bertz CT molecular complexity index is 945. The van der Waals surface area contributed by atoms with E-state index in [9.17, 15) is 13.2 Å². The molecule has 1 aliphatic heterocycles. The summed E-state index contributed by atoms with van der Waals surface area (Å²) < 4.78 is 39.8. The summed E-state index contributed by atoms with van der Waals surface area (Å²) in [5.41, 5.74) is 1.67. The molecule has 2 nitrogen and oxygen atoms in total. The van der Waals surface area contributed by atoms with Crippen LogP contribution in [0.5, 0.6) is 0 Å². The van der Waals surface area contributed by atoms with E-state index in [4.69, 9.17) is 4.84 Å². The van der Waals surface area contributed by atoms with Crippen LogP contribution >= 0.6 is 0 Å². The third-order valence-electron chi connectivity index (χ3n) is 4.44. The largest absolute Gasteiger partial charge is 0.451 e. The topological polar surface area (TPSA) is 12.5 Å². The summed E-state index contributed by atoms with van der Waals surface area (Å²) in [5, 5.41) is 3.29. The number of halogens is 3. The molecule has 1 unspecified atom stereocenters. The third kappa shape index (κ3) is 3.18. The monoisotopic (exact) mass is 355 g/mol. The van der Waals surface area contributed by atoms with E-state index >= 15 is 0 Å². The van der Waals surface area contributed by atoms with Crippen molar-refractivity contribution in [1.29, 1.82) is 0 Å². The van der Waals surface area contributed by atoms with E-state index in [0.29, 0.717) is 0 Å². The van der Waals surface area contributed by atoms with Crippen molar-refractivity contribution >= 4 is 10.8 Å². The summed E-state index contributed by atoms with van der Waals surface area (Å²) in [6, 6.07) is 22.0. The van der Waals surface area contributed by atoms with Gasteiger partial charge in [0.15, 0.2) is 0 Å². The third-order valence-corrected chi connectivity index (χ3v) is 4.44. The zero-order chi connectivity index (χ0) is 18.1. The van der Waals surface area contributed by atoms with E-state index in [1.807, 2.05) is 72.8 Å². The molecule has 0 saturated heterocycles. The quantitative estimate of drug-likeness (QED) is 0.591. The van der Waals surface area contributed by atoms with Gasteiger partial charge in [0.2, 0.25) is 5.76 Å². The van der Waals surface area contributed by atoms with Gasteiger partial charge < -0.3 is 4.84 Å². The zero-order valence-electron chi connectivity index (χ0n) is 13.8. The van der Waals surface area contributed by atoms with Crippen LogP contribution in [0, 0.1) is 0 Å². The first kappa shape index (κ1) is 16.7. The van der Waals surface area contributed by atoms with Crippen molar-refractivity contribution in [3.05, 3.63) is 95.8 Å². The second kappa shape index (κ2) is 6.50. The molecule has 1 atom stereocenters. The summed E-state index contributed by atoms with van der Waals surface area (Å²) in [7, 11) is 0. The average Bonchev–Trinajstić information content (AvgIpc) is 3.06. The molecule has 0 radical (unpaired) electrons. The van der Waals surface area contributed by atoms with Crippen molar-refractivity contribution in [2.75, 3.05) is 0 Å². The molecule has 5 heteroatoms. The predicted octanol–water partition coefficient (Wildman–Crippen LogP) is 5.77. The molecule has 0 spiro atoms. The van der Waals surface area contributed by atoms with E-state index in [1.54, 1.807) is 0 Å². The summed E-state index contributed by atoms with van der Waals surface area (Å²) in [5.74, 6) is -0.966. The Labute approximate surface area is 149 Å². The molecule has 1 aliphatic rings. The Morgan fingerprint density at radius 1 is 0.846 bits per heavy atom. The Morgan fingerprint density at radius 3 is 2.31 bits per heavy atom. The molecular weight excluding hydrogens is 339 g/mol. The Balaban J connectivity index is 1.77. The number of allylic oxidation sites excluding steroid dienone is 1. The highest BCUT2D eigenvalue weighted by Gasteiger charge is 2.44. The summed E-state index contributed by atoms with van der Waals surface area (Å²) in [6.07, 6.45) is -3.36. The minimum Gasteiger partial charge on any atom is -0.400 e. The van der Waals surface area contributed by atoms with Crippen molar-refractivity contribution < 1.29 is 18.0 Å². The number of fused-ring (bicyclic) bond motifs is 1. The van der Waals surface area contributed by atoms with Gasteiger partial charge >= 0.3 is 6.18 Å². The molecule has 0 saturated carbocycles. The van der Waals surface area contributed by atoms with Gasteiger partial charge in [-0.25, -0.2) is 0 Å². The number of rotatable bonds is 3. The molecule has 4 rings (SSSR count). The van der Waals surface area contributed by atoms with E-state index < -0.39 is 18.0 Å². The lowest BCUT2D eigenvalue weighted by atomic mass is 9.98. The lowest BCUT2D eigenvalue weighted by Crippen LogP contribution is -2.24. The van der Waals surface area contributed by atoms with Crippen LogP contribution in [0.3, 0.4) is 0 Å². The first-order valence-electron chi connectivity index (χ1n) is 8.27. The number of nitrogens with zero attached hydrogens (tertiary/aromatic N) is 1. The fourth-order valence-electron chi connectivity index (χ4n) is 3.23. The fourth-order valence-corrected chi connectivity index (χ4v) is 3.23. The summed E-state index contributed by atoms with van der Waals surface area (Å²) in [4.78, 5) is 5.22. The highest BCUT2D eigenvalue weighted by molar-refractivity contribution is 5.86. The molecule has 0 amide bonds. The smallest absolute Gasteiger partial charge is 0.400 e. The highest BCUT2D eigenvalue weighted by Crippen LogP contribution is 2.41. The first-order chi connectivity index (χ1) is 12.5. The maximum absolute atomic E-state index is 13.3. The van der Waals surface area contributed by atoms with Crippen molar-refractivity contribution in [3.8, 4) is 0 Å². The normalized spacial score (nSPS) is 18.0. The minimum atomic E-state index is -4.52. The van der Waals surface area contributed by atoms with Crippen molar-refractivity contribution in [2.45, 2.75) is 18.8 Å². The van der Waals surface area contributed by atoms with Crippen LogP contribution in [0.2, 0.25) is 0 Å². The number of alkyl halides is 3. The van der Waals surface area contributed by atoms with Gasteiger partial charge in [-0.05, 0) is 28.0 Å². The van der Waals surface area contributed by atoms with Crippen LogP contribution in [0.15, 0.2) is 84.6 Å². The van der Waals surface area contributed by atoms with Crippen molar-refractivity contribution in [2.24, 2.45) is 0 Å². The van der Waals surface area contributed by atoms with Gasteiger partial charge in [-0.2, -0.15) is 13.2 Å². The van der Waals surface area contributed by atoms with Crippen LogP contribution < -0.4 is 0 Å². The second-order valence-electron chi connectivity index (χ2n) is 6.19. The molecule has 1 heterocycles. The van der Waals surface area contributed by atoms with Gasteiger partial charge in [0, 0.05) is 0 Å². The zero-order valence-corrected chi connectivity index (χ0v) is 13.8. The summed E-state index contributed by atoms with van der Waals surface area (Å²) >= 11 is 0. The highest BCUT2D eigenvalue weighted by atomic mass is 19.4. The molecule has 0 N–H and O–H groups in total. The standard InChI is InChI=1S/C21H16F3NO/c22-21(23,24)20-13-19(25(26-20)14-15-7-2-1-3-8-15)18-12-6-10-16-9-4-5-11-17(16)18/h1-13,19H,14H2. The second-order valence-corrected chi connectivity index (χ2v) is 6.19. The number of hydroxylamine groups is 2. The SMILES string of the molecule is FC(F)(F)C1=CC(c2cccc3ccccc23)N(Cc2ccccc2)O1. The maximum Gasteiger partial charge on any atom is 0.451 e. The Kier molecular flexibility index (Phi) is 4.17.